The quantitative estimate of drug-likeness (QED) is 0.452. The molecule has 3 N–H and O–H groups in total. The number of thiazole rings is 1. The molecule has 14 heavy (non-hydrogen) atoms. The third-order valence-corrected chi connectivity index (χ3v) is 3.13. The maximum absolute atomic E-state index is 5.48. The fraction of sp³-hybridized carbons (Fsp3) is 0.500. The molecule has 1 aromatic heterocycles. The van der Waals surface area contributed by atoms with Gasteiger partial charge in [0.05, 0.1) is 16.7 Å². The highest BCUT2D eigenvalue weighted by atomic mass is 32.1. The normalized spacial score (nSPS) is 12.0. The molecule has 76 valence electrons. The number of hydrogen-bond acceptors (Lipinski definition) is 4. The van der Waals surface area contributed by atoms with E-state index >= 15 is 0 Å². The van der Waals surface area contributed by atoms with Crippen LogP contribution in [0.15, 0.2) is 0 Å². The van der Waals surface area contributed by atoms with Crippen molar-refractivity contribution in [3.8, 4) is 11.8 Å². The average Bonchev–Trinajstić information content (AvgIpc) is 2.47. The first-order valence-electron chi connectivity index (χ1n) is 4.48. The Bertz CT molecular complexity index is 359. The summed E-state index contributed by atoms with van der Waals surface area (Å²) in [5.41, 5.74) is 3.82. The van der Waals surface area contributed by atoms with Gasteiger partial charge in [-0.05, 0) is 20.8 Å². The lowest BCUT2D eigenvalue weighted by Crippen LogP contribution is -2.27. The Hall–Kier alpha value is -0.890. The lowest BCUT2D eigenvalue weighted by atomic mass is 10.1. The van der Waals surface area contributed by atoms with Gasteiger partial charge in [-0.25, -0.2) is 4.98 Å². The maximum Gasteiger partial charge on any atom is 0.0900 e. The molecule has 0 radical (unpaired) electrons. The van der Waals surface area contributed by atoms with Crippen LogP contribution in [0.5, 0.6) is 0 Å². The van der Waals surface area contributed by atoms with Crippen LogP contribution in [0.25, 0.3) is 0 Å². The Morgan fingerprint density at radius 1 is 1.57 bits per heavy atom. The molecule has 0 aliphatic rings. The van der Waals surface area contributed by atoms with Crippen LogP contribution < -0.4 is 11.3 Å². The molecule has 0 saturated carbocycles. The van der Waals surface area contributed by atoms with E-state index < -0.39 is 0 Å². The summed E-state index contributed by atoms with van der Waals surface area (Å²) < 4.78 is 0. The molecule has 0 amide bonds. The number of nitrogens with one attached hydrogen (secondary N) is 1. The Morgan fingerprint density at radius 3 is 2.71 bits per heavy atom. The summed E-state index contributed by atoms with van der Waals surface area (Å²) in [6.07, 6.45) is 0.732. The molecular weight excluding hydrogens is 194 g/mol. The summed E-state index contributed by atoms with van der Waals surface area (Å²) in [5.74, 6) is 11.4. The molecular formula is C10H15N3S. The van der Waals surface area contributed by atoms with Crippen LogP contribution in [-0.4, -0.2) is 4.98 Å². The van der Waals surface area contributed by atoms with E-state index in [0.717, 1.165) is 17.1 Å². The predicted octanol–water partition coefficient (Wildman–Crippen LogP) is 1.68. The van der Waals surface area contributed by atoms with E-state index in [1.165, 1.54) is 4.88 Å². The van der Waals surface area contributed by atoms with E-state index in [1.54, 1.807) is 11.3 Å². The fourth-order valence-corrected chi connectivity index (χ4v) is 2.29. The molecule has 0 fully saturated rings. The molecule has 0 spiro atoms. The highest BCUT2D eigenvalue weighted by molar-refractivity contribution is 7.11. The number of aryl methyl sites for hydroxylation is 2. The molecule has 0 bridgehead atoms. The van der Waals surface area contributed by atoms with E-state index in [4.69, 9.17) is 5.84 Å². The van der Waals surface area contributed by atoms with Crippen molar-refractivity contribution in [1.82, 2.24) is 10.4 Å². The molecule has 1 unspecified atom stereocenters. The summed E-state index contributed by atoms with van der Waals surface area (Å²) in [6, 6.07) is 0.105. The second kappa shape index (κ2) is 5.11. The molecule has 0 aromatic carbocycles. The summed E-state index contributed by atoms with van der Waals surface area (Å²) in [5, 5.41) is 1.07. The monoisotopic (exact) mass is 209 g/mol. The minimum Gasteiger partial charge on any atom is -0.271 e. The highest BCUT2D eigenvalue weighted by Gasteiger charge is 2.14. The minimum absolute atomic E-state index is 0.105. The highest BCUT2D eigenvalue weighted by Crippen LogP contribution is 2.25. The van der Waals surface area contributed by atoms with Crippen LogP contribution in [0.4, 0.5) is 0 Å². The van der Waals surface area contributed by atoms with Crippen LogP contribution >= 0.6 is 11.3 Å². The van der Waals surface area contributed by atoms with Crippen LogP contribution in [0.1, 0.15) is 35.0 Å². The topological polar surface area (TPSA) is 50.9 Å². The molecule has 0 aliphatic carbocycles. The van der Waals surface area contributed by atoms with Crippen molar-refractivity contribution in [2.75, 3.05) is 0 Å². The summed E-state index contributed by atoms with van der Waals surface area (Å²) in [6.45, 7) is 5.83. The lowest BCUT2D eigenvalue weighted by molar-refractivity contribution is 0.573. The summed E-state index contributed by atoms with van der Waals surface area (Å²) in [7, 11) is 0. The van der Waals surface area contributed by atoms with Gasteiger partial charge in [0.15, 0.2) is 0 Å². The van der Waals surface area contributed by atoms with Crippen molar-refractivity contribution in [3.63, 3.8) is 0 Å². The van der Waals surface area contributed by atoms with Gasteiger partial charge in [0.25, 0.3) is 0 Å². The SMILES string of the molecule is CC#CCC(NN)c1sc(C)nc1C. The number of aromatic nitrogens is 1. The number of rotatable bonds is 3. The van der Waals surface area contributed by atoms with E-state index in [1.807, 2.05) is 20.8 Å². The Labute approximate surface area is 88.7 Å². The molecule has 4 heteroatoms. The predicted molar refractivity (Wildman–Crippen MR) is 59.7 cm³/mol. The van der Waals surface area contributed by atoms with Gasteiger partial charge in [-0.2, -0.15) is 0 Å². The molecule has 1 rings (SSSR count). The number of hydrazine groups is 1. The Balaban J connectivity index is 2.86. The van der Waals surface area contributed by atoms with Crippen molar-refractivity contribution >= 4 is 11.3 Å². The zero-order valence-corrected chi connectivity index (χ0v) is 9.53. The standard InChI is InChI=1S/C10H15N3S/c1-4-5-6-9(13-11)10-7(2)12-8(3)14-10/h9,13H,6,11H2,1-3H3. The zero-order chi connectivity index (χ0) is 10.6. The molecule has 1 heterocycles. The first kappa shape index (κ1) is 11.2. The van der Waals surface area contributed by atoms with E-state index in [2.05, 4.69) is 22.3 Å². The van der Waals surface area contributed by atoms with Crippen LogP contribution in [0.2, 0.25) is 0 Å². The van der Waals surface area contributed by atoms with Gasteiger partial charge in [0.1, 0.15) is 0 Å². The molecule has 3 nitrogen and oxygen atoms in total. The fourth-order valence-electron chi connectivity index (χ4n) is 1.30. The van der Waals surface area contributed by atoms with Crippen LogP contribution in [0, 0.1) is 25.7 Å². The number of nitrogens with two attached hydrogens (primary N) is 1. The van der Waals surface area contributed by atoms with Gasteiger partial charge in [-0.3, -0.25) is 11.3 Å². The minimum atomic E-state index is 0.105. The van der Waals surface area contributed by atoms with Gasteiger partial charge in [-0.15, -0.1) is 23.2 Å². The van der Waals surface area contributed by atoms with Gasteiger partial charge in [0, 0.05) is 11.3 Å². The van der Waals surface area contributed by atoms with E-state index in [-0.39, 0.29) is 6.04 Å². The van der Waals surface area contributed by atoms with E-state index in [0.29, 0.717) is 0 Å². The van der Waals surface area contributed by atoms with Gasteiger partial charge >= 0.3 is 0 Å². The van der Waals surface area contributed by atoms with Crippen molar-refractivity contribution in [2.45, 2.75) is 33.2 Å². The number of hydrogen-bond donors (Lipinski definition) is 2. The first-order valence-corrected chi connectivity index (χ1v) is 5.30. The zero-order valence-electron chi connectivity index (χ0n) is 8.72. The largest absolute Gasteiger partial charge is 0.271 e. The smallest absolute Gasteiger partial charge is 0.0900 e. The van der Waals surface area contributed by atoms with Crippen LogP contribution in [-0.2, 0) is 0 Å². The third-order valence-electron chi connectivity index (χ3n) is 1.94. The van der Waals surface area contributed by atoms with Gasteiger partial charge in [-0.1, -0.05) is 0 Å². The van der Waals surface area contributed by atoms with Crippen molar-refractivity contribution in [2.24, 2.45) is 5.84 Å². The molecule has 0 saturated heterocycles. The van der Waals surface area contributed by atoms with Crippen LogP contribution in [0.3, 0.4) is 0 Å². The van der Waals surface area contributed by atoms with Gasteiger partial charge < -0.3 is 0 Å². The second-order valence-corrected chi connectivity index (χ2v) is 4.27. The Morgan fingerprint density at radius 2 is 2.29 bits per heavy atom. The second-order valence-electron chi connectivity index (χ2n) is 3.03. The van der Waals surface area contributed by atoms with Crippen molar-refractivity contribution < 1.29 is 0 Å². The number of nitrogens with zero attached hydrogens (tertiary/aromatic N) is 1. The van der Waals surface area contributed by atoms with Gasteiger partial charge in [0.2, 0.25) is 0 Å². The summed E-state index contributed by atoms with van der Waals surface area (Å²) >= 11 is 1.68. The lowest BCUT2D eigenvalue weighted by Gasteiger charge is -2.10. The third kappa shape index (κ3) is 2.55. The van der Waals surface area contributed by atoms with Crippen molar-refractivity contribution in [3.05, 3.63) is 15.6 Å². The average molecular weight is 209 g/mol. The van der Waals surface area contributed by atoms with E-state index in [9.17, 15) is 0 Å². The maximum atomic E-state index is 5.48. The first-order chi connectivity index (χ1) is 6.69. The molecule has 0 aliphatic heterocycles. The van der Waals surface area contributed by atoms with Crippen molar-refractivity contribution in [1.29, 1.82) is 0 Å². The Kier molecular flexibility index (Phi) is 4.08. The summed E-state index contributed by atoms with van der Waals surface area (Å²) in [4.78, 5) is 5.55. The molecule has 1 aromatic rings. The molecule has 1 atom stereocenters.